The number of fused-ring (bicyclic) bond motifs is 1. The lowest BCUT2D eigenvalue weighted by atomic mass is 10.0. The number of rotatable bonds is 6. The van der Waals surface area contributed by atoms with E-state index in [0.717, 1.165) is 28.6 Å². The SMILES string of the molecule is Cc1cc(Cl)ccc1[C@@H](C)NC(=O)c1ccc2c(c1)c(C)c(C)n2Cc1ccc(-c2ccccc2)cc1.O=C=O. The van der Waals surface area contributed by atoms with Gasteiger partial charge in [0.15, 0.2) is 0 Å². The van der Waals surface area contributed by atoms with Gasteiger partial charge in [0, 0.05) is 33.7 Å². The summed E-state index contributed by atoms with van der Waals surface area (Å²) in [5.41, 5.74) is 10.0. The number of amides is 1. The van der Waals surface area contributed by atoms with Crippen molar-refractivity contribution in [3.05, 3.63) is 130 Å². The lowest BCUT2D eigenvalue weighted by molar-refractivity contribution is -0.191. The zero-order valence-corrected chi connectivity index (χ0v) is 23.8. The summed E-state index contributed by atoms with van der Waals surface area (Å²) >= 11 is 6.10. The summed E-state index contributed by atoms with van der Waals surface area (Å²) in [6.45, 7) is 9.08. The van der Waals surface area contributed by atoms with Gasteiger partial charge >= 0.3 is 6.15 Å². The third-order valence-electron chi connectivity index (χ3n) is 7.35. The fourth-order valence-electron chi connectivity index (χ4n) is 5.09. The highest BCUT2D eigenvalue weighted by molar-refractivity contribution is 6.30. The molecule has 6 heteroatoms. The molecule has 1 N–H and O–H groups in total. The summed E-state index contributed by atoms with van der Waals surface area (Å²) in [4.78, 5) is 29.4. The third-order valence-corrected chi connectivity index (χ3v) is 7.58. The first-order valence-electron chi connectivity index (χ1n) is 13.0. The fraction of sp³-hybridized carbons (Fsp3) is 0.176. The van der Waals surface area contributed by atoms with Crippen LogP contribution < -0.4 is 5.32 Å². The average Bonchev–Trinajstić information content (AvgIpc) is 3.18. The quantitative estimate of drug-likeness (QED) is 0.234. The molecule has 1 aromatic heterocycles. The van der Waals surface area contributed by atoms with E-state index in [2.05, 4.69) is 78.3 Å². The highest BCUT2D eigenvalue weighted by Gasteiger charge is 2.17. The highest BCUT2D eigenvalue weighted by atomic mass is 35.5. The molecule has 202 valence electrons. The second-order valence-electron chi connectivity index (χ2n) is 9.87. The predicted octanol–water partition coefficient (Wildman–Crippen LogP) is 7.84. The van der Waals surface area contributed by atoms with Crippen LogP contribution in [0.15, 0.2) is 91.0 Å². The maximum absolute atomic E-state index is 13.1. The van der Waals surface area contributed by atoms with Crippen molar-refractivity contribution >= 4 is 34.6 Å². The number of hydrogen-bond acceptors (Lipinski definition) is 3. The third kappa shape index (κ3) is 6.23. The van der Waals surface area contributed by atoms with E-state index in [1.807, 2.05) is 50.2 Å². The van der Waals surface area contributed by atoms with E-state index in [1.54, 1.807) is 0 Å². The molecule has 40 heavy (non-hydrogen) atoms. The van der Waals surface area contributed by atoms with Gasteiger partial charge in [0.25, 0.3) is 5.91 Å². The smallest absolute Gasteiger partial charge is 0.346 e. The van der Waals surface area contributed by atoms with Gasteiger partial charge in [-0.3, -0.25) is 4.79 Å². The minimum atomic E-state index is -0.119. The Morgan fingerprint density at radius 3 is 2.17 bits per heavy atom. The maximum Gasteiger partial charge on any atom is 0.373 e. The molecule has 0 aliphatic rings. The second-order valence-corrected chi connectivity index (χ2v) is 10.3. The van der Waals surface area contributed by atoms with Gasteiger partial charge in [0.2, 0.25) is 0 Å². The molecule has 0 saturated heterocycles. The second kappa shape index (κ2) is 12.6. The van der Waals surface area contributed by atoms with Crippen molar-refractivity contribution < 1.29 is 14.4 Å². The molecule has 0 radical (unpaired) electrons. The van der Waals surface area contributed by atoms with Crippen molar-refractivity contribution in [1.82, 2.24) is 9.88 Å². The standard InChI is InChI=1S/C33H31ClN2O.CO2/c1-21-18-29(34)15-16-30(21)23(3)35-33(37)28-14-17-32-31(19-28)22(2)24(4)36(32)20-25-10-12-27(13-11-25)26-8-6-5-7-9-26;2-1-3/h5-19,23H,20H2,1-4H3,(H,35,37);/t23-;/m1./s1. The fourth-order valence-corrected chi connectivity index (χ4v) is 5.32. The van der Waals surface area contributed by atoms with E-state index in [4.69, 9.17) is 21.2 Å². The van der Waals surface area contributed by atoms with Crippen molar-refractivity contribution in [2.24, 2.45) is 0 Å². The number of hydrogen-bond donors (Lipinski definition) is 1. The van der Waals surface area contributed by atoms with Crippen LogP contribution in [0.3, 0.4) is 0 Å². The van der Waals surface area contributed by atoms with Gasteiger partial charge in [-0.25, -0.2) is 0 Å². The molecule has 1 heterocycles. The van der Waals surface area contributed by atoms with Crippen LogP contribution in [0.2, 0.25) is 5.02 Å². The first kappa shape index (κ1) is 28.6. The van der Waals surface area contributed by atoms with Crippen LogP contribution in [0.4, 0.5) is 0 Å². The van der Waals surface area contributed by atoms with E-state index in [1.165, 1.54) is 27.9 Å². The largest absolute Gasteiger partial charge is 0.373 e. The number of benzene rings is 4. The Bertz CT molecular complexity index is 1680. The molecule has 4 aromatic carbocycles. The van der Waals surface area contributed by atoms with Gasteiger partial charge in [-0.2, -0.15) is 9.59 Å². The van der Waals surface area contributed by atoms with Crippen LogP contribution in [0.25, 0.3) is 22.0 Å². The Morgan fingerprint density at radius 2 is 1.52 bits per heavy atom. The van der Waals surface area contributed by atoms with E-state index in [9.17, 15) is 4.79 Å². The number of nitrogens with one attached hydrogen (secondary N) is 1. The van der Waals surface area contributed by atoms with E-state index in [0.29, 0.717) is 10.6 Å². The Morgan fingerprint density at radius 1 is 0.875 bits per heavy atom. The molecule has 5 nitrogen and oxygen atoms in total. The molecule has 0 saturated carbocycles. The molecule has 1 atom stereocenters. The zero-order valence-electron chi connectivity index (χ0n) is 23.0. The Kier molecular flexibility index (Phi) is 9.00. The lowest BCUT2D eigenvalue weighted by Gasteiger charge is -2.17. The van der Waals surface area contributed by atoms with Crippen molar-refractivity contribution in [2.75, 3.05) is 0 Å². The molecule has 0 spiro atoms. The van der Waals surface area contributed by atoms with Gasteiger partial charge < -0.3 is 9.88 Å². The first-order chi connectivity index (χ1) is 19.2. The minimum Gasteiger partial charge on any atom is -0.346 e. The highest BCUT2D eigenvalue weighted by Crippen LogP contribution is 2.29. The van der Waals surface area contributed by atoms with Crippen LogP contribution in [-0.4, -0.2) is 16.6 Å². The minimum absolute atomic E-state index is 0.0787. The summed E-state index contributed by atoms with van der Waals surface area (Å²) in [5.74, 6) is -0.0787. The van der Waals surface area contributed by atoms with Gasteiger partial charge in [-0.15, -0.1) is 0 Å². The van der Waals surface area contributed by atoms with Gasteiger partial charge in [-0.05, 0) is 91.4 Å². The molecular formula is C34H31ClN2O3. The molecule has 0 aliphatic heterocycles. The Hall–Kier alpha value is -4.44. The first-order valence-corrected chi connectivity index (χ1v) is 13.4. The van der Waals surface area contributed by atoms with Crippen LogP contribution in [0.1, 0.15) is 51.3 Å². The Labute approximate surface area is 239 Å². The van der Waals surface area contributed by atoms with Crippen LogP contribution in [0, 0.1) is 20.8 Å². The Balaban J connectivity index is 0.00000118. The molecule has 5 aromatic rings. The number of halogens is 1. The predicted molar refractivity (Wildman–Crippen MR) is 159 cm³/mol. The van der Waals surface area contributed by atoms with Crippen molar-refractivity contribution in [2.45, 2.75) is 40.3 Å². The molecule has 0 unspecified atom stereocenters. The molecule has 0 aliphatic carbocycles. The van der Waals surface area contributed by atoms with E-state index < -0.39 is 0 Å². The van der Waals surface area contributed by atoms with Crippen LogP contribution in [0.5, 0.6) is 0 Å². The number of aryl methyl sites for hydroxylation is 2. The summed E-state index contributed by atoms with van der Waals surface area (Å²) < 4.78 is 2.34. The summed E-state index contributed by atoms with van der Waals surface area (Å²) in [5, 5.41) is 4.96. The van der Waals surface area contributed by atoms with Crippen molar-refractivity contribution in [3.8, 4) is 11.1 Å². The number of carbonyl (C=O) groups excluding carboxylic acids is 3. The summed E-state index contributed by atoms with van der Waals surface area (Å²) in [6, 6.07) is 30.9. The average molecular weight is 551 g/mol. The lowest BCUT2D eigenvalue weighted by Crippen LogP contribution is -2.27. The zero-order chi connectivity index (χ0) is 28.8. The van der Waals surface area contributed by atoms with Gasteiger partial charge in [0.1, 0.15) is 0 Å². The molecule has 0 fully saturated rings. The molecule has 0 bridgehead atoms. The number of carbonyl (C=O) groups is 1. The van der Waals surface area contributed by atoms with E-state index in [-0.39, 0.29) is 18.1 Å². The molecule has 1 amide bonds. The normalized spacial score (nSPS) is 11.3. The van der Waals surface area contributed by atoms with E-state index >= 15 is 0 Å². The van der Waals surface area contributed by atoms with Crippen molar-refractivity contribution in [1.29, 1.82) is 0 Å². The molecular weight excluding hydrogens is 520 g/mol. The van der Waals surface area contributed by atoms with Crippen LogP contribution >= 0.6 is 11.6 Å². The molecule has 5 rings (SSSR count). The van der Waals surface area contributed by atoms with Crippen LogP contribution in [-0.2, 0) is 16.1 Å². The monoisotopic (exact) mass is 550 g/mol. The van der Waals surface area contributed by atoms with Gasteiger partial charge in [-0.1, -0.05) is 72.3 Å². The van der Waals surface area contributed by atoms with Crippen molar-refractivity contribution in [3.63, 3.8) is 0 Å². The summed E-state index contributed by atoms with van der Waals surface area (Å²) in [7, 11) is 0. The number of aromatic nitrogens is 1. The van der Waals surface area contributed by atoms with Gasteiger partial charge in [0.05, 0.1) is 6.04 Å². The maximum atomic E-state index is 13.1. The number of nitrogens with zero attached hydrogens (tertiary/aromatic N) is 1. The summed E-state index contributed by atoms with van der Waals surface area (Å²) in [6.07, 6.45) is 0.250. The topological polar surface area (TPSA) is 68.2 Å².